The van der Waals surface area contributed by atoms with Gasteiger partial charge in [-0.25, -0.2) is 4.98 Å². The number of aromatic amines is 1. The minimum Gasteiger partial charge on any atom is -0.480 e. The quantitative estimate of drug-likeness (QED) is 0.685. The van der Waals surface area contributed by atoms with Crippen molar-refractivity contribution in [3.8, 4) is 0 Å². The van der Waals surface area contributed by atoms with Gasteiger partial charge in [-0.1, -0.05) is 20.8 Å². The van der Waals surface area contributed by atoms with Crippen molar-refractivity contribution in [3.63, 3.8) is 0 Å². The summed E-state index contributed by atoms with van der Waals surface area (Å²) in [4.78, 5) is 28.8. The number of amides is 1. The Hall–Kier alpha value is -1.96. The summed E-state index contributed by atoms with van der Waals surface area (Å²) in [7, 11) is 0. The molecule has 20 heavy (non-hydrogen) atoms. The molecule has 4 N–H and O–H groups in total. The van der Waals surface area contributed by atoms with Crippen molar-refractivity contribution in [3.05, 3.63) is 11.6 Å². The number of H-pyrrole nitrogens is 1. The van der Waals surface area contributed by atoms with Crippen LogP contribution >= 0.6 is 0 Å². The molecule has 0 bridgehead atoms. The highest BCUT2D eigenvalue weighted by Crippen LogP contribution is 2.22. The number of rotatable bonds is 2. The van der Waals surface area contributed by atoms with Gasteiger partial charge in [-0.3, -0.25) is 14.7 Å². The van der Waals surface area contributed by atoms with E-state index in [0.29, 0.717) is 12.4 Å². The molecule has 2 rings (SSSR count). The maximum Gasteiger partial charge on any atom is 0.325 e. The lowest BCUT2D eigenvalue weighted by Crippen LogP contribution is -2.50. The van der Waals surface area contributed by atoms with E-state index in [4.69, 9.17) is 10.8 Å². The van der Waals surface area contributed by atoms with Gasteiger partial charge < -0.3 is 15.7 Å². The summed E-state index contributed by atoms with van der Waals surface area (Å²) < 4.78 is 0. The standard InChI is InChI=1S/C12H19N5O3/c1-11(2,3)9-14-7(15-16-9)8(18)17-5-4-12(13,6-17)10(19)20/h4-6,13H2,1-3H3,(H,19,20)(H,14,15,16). The summed E-state index contributed by atoms with van der Waals surface area (Å²) in [5.74, 6) is -0.842. The van der Waals surface area contributed by atoms with Crippen LogP contribution in [0.25, 0.3) is 0 Å². The zero-order chi connectivity index (χ0) is 15.1. The van der Waals surface area contributed by atoms with Gasteiger partial charge in [-0.05, 0) is 6.42 Å². The van der Waals surface area contributed by atoms with Gasteiger partial charge in [0.1, 0.15) is 11.4 Å². The molecule has 0 radical (unpaired) electrons. The van der Waals surface area contributed by atoms with Crippen LogP contribution in [0.3, 0.4) is 0 Å². The third-order valence-corrected chi connectivity index (χ3v) is 3.40. The summed E-state index contributed by atoms with van der Waals surface area (Å²) in [5.41, 5.74) is 4.12. The minimum atomic E-state index is -1.38. The average molecular weight is 281 g/mol. The van der Waals surface area contributed by atoms with Crippen molar-refractivity contribution >= 4 is 11.9 Å². The SMILES string of the molecule is CC(C)(C)c1nc(C(=O)N2CCC(N)(C(=O)O)C2)n[nH]1. The highest BCUT2D eigenvalue weighted by molar-refractivity contribution is 5.92. The first-order valence-corrected chi connectivity index (χ1v) is 6.38. The van der Waals surface area contributed by atoms with Crippen LogP contribution < -0.4 is 5.73 Å². The number of hydrogen-bond acceptors (Lipinski definition) is 5. The van der Waals surface area contributed by atoms with Gasteiger partial charge in [-0.2, -0.15) is 0 Å². The Bertz CT molecular complexity index is 548. The smallest absolute Gasteiger partial charge is 0.325 e. The predicted molar refractivity (Wildman–Crippen MR) is 70.2 cm³/mol. The maximum atomic E-state index is 12.2. The van der Waals surface area contributed by atoms with Gasteiger partial charge in [0.2, 0.25) is 5.82 Å². The summed E-state index contributed by atoms with van der Waals surface area (Å²) in [6.07, 6.45) is 0.227. The number of nitrogens with zero attached hydrogens (tertiary/aromatic N) is 3. The molecular weight excluding hydrogens is 262 g/mol. The van der Waals surface area contributed by atoms with Gasteiger partial charge in [0, 0.05) is 18.5 Å². The summed E-state index contributed by atoms with van der Waals surface area (Å²) >= 11 is 0. The monoisotopic (exact) mass is 281 g/mol. The number of aromatic nitrogens is 3. The normalized spacial score (nSPS) is 23.1. The first-order chi connectivity index (χ1) is 9.13. The number of likely N-dealkylation sites (tertiary alicyclic amines) is 1. The third kappa shape index (κ3) is 2.51. The van der Waals surface area contributed by atoms with Crippen molar-refractivity contribution in [2.45, 2.75) is 38.1 Å². The van der Waals surface area contributed by atoms with Gasteiger partial charge in [0.25, 0.3) is 5.91 Å². The van der Waals surface area contributed by atoms with Crippen LogP contribution in [-0.2, 0) is 10.2 Å². The van der Waals surface area contributed by atoms with Crippen molar-refractivity contribution in [1.82, 2.24) is 20.1 Å². The third-order valence-electron chi connectivity index (χ3n) is 3.40. The molecule has 1 amide bonds. The Kier molecular flexibility index (Phi) is 3.29. The van der Waals surface area contributed by atoms with Crippen LogP contribution in [0.2, 0.25) is 0 Å². The van der Waals surface area contributed by atoms with Crippen LogP contribution in [0.4, 0.5) is 0 Å². The molecule has 2 heterocycles. The molecular formula is C12H19N5O3. The molecule has 8 heteroatoms. The van der Waals surface area contributed by atoms with Crippen molar-refractivity contribution in [2.24, 2.45) is 5.73 Å². The Labute approximate surface area is 116 Å². The molecule has 0 aliphatic carbocycles. The lowest BCUT2D eigenvalue weighted by molar-refractivity contribution is -0.142. The van der Waals surface area contributed by atoms with E-state index in [-0.39, 0.29) is 24.2 Å². The van der Waals surface area contributed by atoms with Gasteiger partial charge in [-0.15, -0.1) is 5.10 Å². The minimum absolute atomic E-state index is 0.0272. The van der Waals surface area contributed by atoms with Crippen LogP contribution in [0.1, 0.15) is 43.6 Å². The maximum absolute atomic E-state index is 12.2. The van der Waals surface area contributed by atoms with E-state index in [0.717, 1.165) is 0 Å². The zero-order valence-corrected chi connectivity index (χ0v) is 11.8. The Balaban J connectivity index is 2.14. The van der Waals surface area contributed by atoms with E-state index >= 15 is 0 Å². The van der Waals surface area contributed by atoms with Crippen molar-refractivity contribution < 1.29 is 14.7 Å². The number of nitrogens with one attached hydrogen (secondary N) is 1. The summed E-state index contributed by atoms with van der Waals surface area (Å²) in [5, 5.41) is 15.7. The van der Waals surface area contributed by atoms with E-state index in [1.54, 1.807) is 0 Å². The van der Waals surface area contributed by atoms with Crippen LogP contribution in [-0.4, -0.2) is 55.7 Å². The fraction of sp³-hybridized carbons (Fsp3) is 0.667. The number of carbonyl (C=O) groups is 2. The topological polar surface area (TPSA) is 125 Å². The fourth-order valence-electron chi connectivity index (χ4n) is 2.02. The van der Waals surface area contributed by atoms with E-state index in [9.17, 15) is 9.59 Å². The Morgan fingerprint density at radius 1 is 1.45 bits per heavy atom. The number of hydrogen-bond donors (Lipinski definition) is 3. The molecule has 110 valence electrons. The molecule has 1 atom stereocenters. The molecule has 1 saturated heterocycles. The highest BCUT2D eigenvalue weighted by atomic mass is 16.4. The first-order valence-electron chi connectivity index (χ1n) is 6.38. The Morgan fingerprint density at radius 2 is 2.10 bits per heavy atom. The largest absolute Gasteiger partial charge is 0.480 e. The van der Waals surface area contributed by atoms with Crippen LogP contribution in [0.5, 0.6) is 0 Å². The van der Waals surface area contributed by atoms with E-state index in [2.05, 4.69) is 15.2 Å². The number of carboxylic acid groups (broad SMARTS) is 1. The molecule has 1 unspecified atom stereocenters. The number of carboxylic acids is 1. The molecule has 0 saturated carbocycles. The van der Waals surface area contributed by atoms with Crippen LogP contribution in [0.15, 0.2) is 0 Å². The second-order valence-corrected chi connectivity index (χ2v) is 6.20. The molecule has 0 aromatic carbocycles. The summed E-state index contributed by atoms with van der Waals surface area (Å²) in [6, 6.07) is 0. The number of nitrogens with two attached hydrogens (primary N) is 1. The van der Waals surface area contributed by atoms with E-state index in [1.807, 2.05) is 20.8 Å². The van der Waals surface area contributed by atoms with E-state index < -0.39 is 17.4 Å². The van der Waals surface area contributed by atoms with Gasteiger partial charge in [0.05, 0.1) is 0 Å². The predicted octanol–water partition coefficient (Wildman–Crippen LogP) is -0.270. The van der Waals surface area contributed by atoms with E-state index in [1.165, 1.54) is 4.90 Å². The molecule has 1 fully saturated rings. The van der Waals surface area contributed by atoms with Crippen molar-refractivity contribution in [2.75, 3.05) is 13.1 Å². The average Bonchev–Trinajstić information content (AvgIpc) is 2.94. The van der Waals surface area contributed by atoms with Gasteiger partial charge in [0.15, 0.2) is 0 Å². The molecule has 1 aromatic heterocycles. The molecule has 1 aromatic rings. The number of aliphatic carboxylic acids is 1. The van der Waals surface area contributed by atoms with Crippen LogP contribution in [0, 0.1) is 0 Å². The first kappa shape index (κ1) is 14.4. The second-order valence-electron chi connectivity index (χ2n) is 6.20. The molecule has 0 spiro atoms. The molecule has 1 aliphatic heterocycles. The second kappa shape index (κ2) is 4.55. The molecule has 8 nitrogen and oxygen atoms in total. The molecule has 1 aliphatic rings. The summed E-state index contributed by atoms with van der Waals surface area (Å²) in [6.45, 7) is 6.12. The zero-order valence-electron chi connectivity index (χ0n) is 11.8. The number of carbonyl (C=O) groups excluding carboxylic acids is 1. The Morgan fingerprint density at radius 3 is 2.55 bits per heavy atom. The highest BCUT2D eigenvalue weighted by Gasteiger charge is 2.43. The lowest BCUT2D eigenvalue weighted by Gasteiger charge is -2.19. The van der Waals surface area contributed by atoms with Crippen molar-refractivity contribution in [1.29, 1.82) is 0 Å². The lowest BCUT2D eigenvalue weighted by atomic mass is 9.96. The van der Waals surface area contributed by atoms with Gasteiger partial charge >= 0.3 is 5.97 Å². The fourth-order valence-corrected chi connectivity index (χ4v) is 2.02.